The van der Waals surface area contributed by atoms with Crippen molar-refractivity contribution in [1.82, 2.24) is 9.97 Å². The van der Waals surface area contributed by atoms with Crippen LogP contribution in [0.1, 0.15) is 39.1 Å². The second kappa shape index (κ2) is 15.5. The Morgan fingerprint density at radius 1 is 0.741 bits per heavy atom. The van der Waals surface area contributed by atoms with Crippen LogP contribution in [-0.4, -0.2) is 23.2 Å². The fourth-order valence-corrected chi connectivity index (χ4v) is 10.2. The molecule has 0 aliphatic carbocycles. The van der Waals surface area contributed by atoms with Crippen LogP contribution in [0.2, 0.25) is 17.3 Å². The molecule has 5 heteroatoms. The van der Waals surface area contributed by atoms with Crippen molar-refractivity contribution in [2.45, 2.75) is 43.9 Å². The van der Waals surface area contributed by atoms with Gasteiger partial charge in [-0.2, -0.15) is 0 Å². The van der Waals surface area contributed by atoms with Gasteiger partial charge in [0.05, 0.1) is 8.32 Å². The molecule has 3 aromatic heterocycles. The van der Waals surface area contributed by atoms with Gasteiger partial charge in [-0.15, -0.1) is 18.2 Å². The third-order valence-electron chi connectivity index (χ3n) is 9.60. The molecule has 54 heavy (non-hydrogen) atoms. The molecular formula is C49H42GeIrN2O-2. The molecule has 0 spiro atoms. The van der Waals surface area contributed by atoms with E-state index in [0.717, 1.165) is 49.1 Å². The number of hydrogen-bond donors (Lipinski definition) is 0. The van der Waals surface area contributed by atoms with Crippen LogP contribution in [0.3, 0.4) is 0 Å². The van der Waals surface area contributed by atoms with Crippen LogP contribution in [-0.2, 0) is 20.1 Å². The van der Waals surface area contributed by atoms with E-state index in [2.05, 4.69) is 75.8 Å². The van der Waals surface area contributed by atoms with E-state index in [9.17, 15) is 0 Å². The number of hydrogen-bond acceptors (Lipinski definition) is 3. The summed E-state index contributed by atoms with van der Waals surface area (Å²) in [6.45, 7) is 1.28. The fourth-order valence-electron chi connectivity index (χ4n) is 6.89. The first-order chi connectivity index (χ1) is 28.0. The Bertz CT molecular complexity index is 3030. The molecule has 0 atom stereocenters. The molecule has 9 rings (SSSR count). The Morgan fingerprint density at radius 3 is 2.28 bits per heavy atom. The number of rotatable bonds is 5. The van der Waals surface area contributed by atoms with Gasteiger partial charge in [0, 0.05) is 41.3 Å². The zero-order valence-electron chi connectivity index (χ0n) is 36.8. The van der Waals surface area contributed by atoms with Gasteiger partial charge in [-0.25, -0.2) is 0 Å². The summed E-state index contributed by atoms with van der Waals surface area (Å²) < 4.78 is 58.5. The van der Waals surface area contributed by atoms with Gasteiger partial charge >= 0.3 is 120 Å². The Morgan fingerprint density at radius 2 is 1.52 bits per heavy atom. The number of nitrogens with zero attached hydrogens (tertiary/aromatic N) is 2. The summed E-state index contributed by atoms with van der Waals surface area (Å²) in [7, 11) is 0. The summed E-state index contributed by atoms with van der Waals surface area (Å²) in [5, 5.41) is 6.10. The van der Waals surface area contributed by atoms with Crippen LogP contribution in [0.15, 0.2) is 144 Å². The number of pyridine rings is 2. The maximum atomic E-state index is 8.98. The standard InChI is InChI=1S/C32H20NO.C17H22GeN.Ir/c1-20-16-30(33-19-29(20)21-8-3-2-4-9-21)26-13-7-12-25-28-17-23-15-14-22-10-5-6-11-24(22)27(23)18-31(28)34-32(25)26;1-13(2)15-11-17(14-9-7-6-8-10-14)19-12-16(15)18(3,4)5;/h2-12,14-19H,1H3;6-9,11-13H,1-5H3;/q2*-1;/i1D3,16D,19D;13D;. The van der Waals surface area contributed by atoms with Crippen LogP contribution in [0, 0.1) is 19.0 Å². The quantitative estimate of drug-likeness (QED) is 0.0980. The maximum absolute atomic E-state index is 8.98. The van der Waals surface area contributed by atoms with Crippen molar-refractivity contribution in [1.29, 1.82) is 0 Å². The van der Waals surface area contributed by atoms with Gasteiger partial charge in [0.2, 0.25) is 0 Å². The summed E-state index contributed by atoms with van der Waals surface area (Å²) in [6.07, 6.45) is 1.79. The van der Waals surface area contributed by atoms with E-state index >= 15 is 0 Å². The average molecular weight is 946 g/mol. The van der Waals surface area contributed by atoms with E-state index in [1.54, 1.807) is 30.3 Å². The van der Waals surface area contributed by atoms with Crippen LogP contribution in [0.5, 0.6) is 0 Å². The van der Waals surface area contributed by atoms with E-state index in [0.29, 0.717) is 22.3 Å². The molecule has 0 saturated carbocycles. The van der Waals surface area contributed by atoms with Crippen molar-refractivity contribution in [3.05, 3.63) is 163 Å². The molecule has 3 nitrogen and oxygen atoms in total. The largest absolute Gasteiger partial charge is 0.501 e. The number of aromatic nitrogens is 2. The van der Waals surface area contributed by atoms with Crippen molar-refractivity contribution in [2.75, 3.05) is 0 Å². The Balaban J connectivity index is 0.000000220. The number of furan rings is 1. The molecule has 0 saturated heterocycles. The van der Waals surface area contributed by atoms with Crippen molar-refractivity contribution in [3.8, 4) is 33.6 Å². The molecule has 0 unspecified atom stereocenters. The molecule has 0 amide bonds. The van der Waals surface area contributed by atoms with Crippen molar-refractivity contribution >= 4 is 61.1 Å². The monoisotopic (exact) mass is 947 g/mol. The van der Waals surface area contributed by atoms with Gasteiger partial charge in [0.25, 0.3) is 0 Å². The minimum Gasteiger partial charge on any atom is -0.501 e. The molecule has 0 N–H and O–H groups in total. The third-order valence-corrected chi connectivity index (χ3v) is 13.8. The zero-order chi connectivity index (χ0) is 41.9. The van der Waals surface area contributed by atoms with E-state index in [1.807, 2.05) is 74.6 Å². The maximum Gasteiger partial charge on any atom is 0.121 e. The topological polar surface area (TPSA) is 38.9 Å². The Labute approximate surface area is 342 Å². The van der Waals surface area contributed by atoms with E-state index in [4.69, 9.17) is 12.6 Å². The van der Waals surface area contributed by atoms with Crippen molar-refractivity contribution in [2.24, 2.45) is 0 Å². The summed E-state index contributed by atoms with van der Waals surface area (Å²) >= 11 is -2.03. The second-order valence-corrected chi connectivity index (χ2v) is 25.1. The molecule has 6 aromatic carbocycles. The third kappa shape index (κ3) is 7.31. The summed E-state index contributed by atoms with van der Waals surface area (Å²) in [5.41, 5.74) is 5.04. The van der Waals surface area contributed by atoms with Crippen molar-refractivity contribution in [3.63, 3.8) is 0 Å². The van der Waals surface area contributed by atoms with Crippen LogP contribution in [0.4, 0.5) is 0 Å². The van der Waals surface area contributed by atoms with E-state index in [-0.39, 0.29) is 49.1 Å². The van der Waals surface area contributed by atoms with Crippen molar-refractivity contribution < 1.29 is 32.7 Å². The van der Waals surface area contributed by atoms with Gasteiger partial charge in [0.15, 0.2) is 0 Å². The molecule has 0 fully saturated rings. The van der Waals surface area contributed by atoms with Crippen LogP contribution in [0.25, 0.3) is 77.1 Å². The molecular weight excluding hydrogens is 897 g/mol. The minimum atomic E-state index is -2.63. The summed E-state index contributed by atoms with van der Waals surface area (Å²) in [6, 6.07) is 44.9. The molecule has 0 bridgehead atoms. The Hall–Kier alpha value is -4.87. The van der Waals surface area contributed by atoms with E-state index in [1.165, 1.54) is 4.40 Å². The Kier molecular flexibility index (Phi) is 8.73. The van der Waals surface area contributed by atoms with Gasteiger partial charge in [-0.05, 0) is 57.4 Å². The first-order valence-electron chi connectivity index (χ1n) is 20.7. The second-order valence-electron chi connectivity index (χ2n) is 14.5. The first-order valence-corrected chi connectivity index (χ1v) is 25.1. The first kappa shape index (κ1) is 30.5. The van der Waals surface area contributed by atoms with Gasteiger partial charge < -0.3 is 9.40 Å². The predicted octanol–water partition coefficient (Wildman–Crippen LogP) is 12.9. The summed E-state index contributed by atoms with van der Waals surface area (Å²) in [5.74, 6) is 6.45. The predicted molar refractivity (Wildman–Crippen MR) is 227 cm³/mol. The molecule has 0 aliphatic heterocycles. The smallest absolute Gasteiger partial charge is 0.121 e. The SMILES string of the molecule is [2H]C(C)(C)c1cc(-c2[c-]cccc2)nc[c]1[Ge]([CH3])([CH3])[CH3].[2H]c1nc(-c2[c-]ccc3c2oc2cc4c(ccc5ccccc54)cc23)c([2H])c(C([2H])([2H])[2H])c1-c1ccccc1.[Ir]. The number of fused-ring (bicyclic) bond motifs is 6. The van der Waals surface area contributed by atoms with Gasteiger partial charge in [-0.1, -0.05) is 83.7 Å². The number of benzene rings is 6. The fraction of sp³-hybridized carbons (Fsp3) is 0.143. The molecule has 269 valence electrons. The molecule has 3 heterocycles. The minimum absolute atomic E-state index is 0. The molecule has 1 radical (unpaired) electrons. The zero-order valence-corrected chi connectivity index (χ0v) is 35.3. The summed E-state index contributed by atoms with van der Waals surface area (Å²) in [4.78, 5) is 9.07. The van der Waals surface area contributed by atoms with E-state index < -0.39 is 26.0 Å². The van der Waals surface area contributed by atoms with Crippen LogP contribution >= 0.6 is 0 Å². The van der Waals surface area contributed by atoms with Crippen LogP contribution < -0.4 is 4.40 Å². The normalized spacial score (nSPS) is 13.6. The average Bonchev–Trinajstić information content (AvgIpc) is 3.58. The molecule has 9 aromatic rings. The van der Waals surface area contributed by atoms with Gasteiger partial charge in [0.1, 0.15) is 5.58 Å². The molecule has 0 aliphatic rings. The van der Waals surface area contributed by atoms with Gasteiger partial charge in [-0.3, -0.25) is 0 Å².